The zero-order chi connectivity index (χ0) is 5.82. The molecule has 1 rings (SSSR count). The van der Waals surface area contributed by atoms with Crippen molar-refractivity contribution in [3.05, 3.63) is 30.1 Å². The van der Waals surface area contributed by atoms with Crippen molar-refractivity contribution in [3.63, 3.8) is 0 Å². The van der Waals surface area contributed by atoms with Gasteiger partial charge >= 0.3 is 0 Å². The van der Waals surface area contributed by atoms with Crippen molar-refractivity contribution in [3.8, 4) is 6.07 Å². The molecule has 0 aromatic carbocycles. The van der Waals surface area contributed by atoms with E-state index in [0.717, 1.165) is 0 Å². The van der Waals surface area contributed by atoms with Crippen molar-refractivity contribution in [2.45, 2.75) is 0 Å². The average Bonchev–Trinajstić information content (AvgIpc) is 1.90. The second-order valence-electron chi connectivity index (χ2n) is 1.33. The Hall–Kier alpha value is -0.841. The fourth-order valence-corrected chi connectivity index (χ4v) is 0.429. The van der Waals surface area contributed by atoms with Crippen LogP contribution in [0.2, 0.25) is 0 Å². The molecule has 9 heavy (non-hydrogen) atoms. The van der Waals surface area contributed by atoms with E-state index in [1.54, 1.807) is 24.4 Å². The third-order valence-corrected chi connectivity index (χ3v) is 0.779. The summed E-state index contributed by atoms with van der Waals surface area (Å²) in [5.74, 6) is 0. The molecule has 0 aliphatic heterocycles. The van der Waals surface area contributed by atoms with E-state index in [0.29, 0.717) is 5.69 Å². The maximum absolute atomic E-state index is 8.23. The van der Waals surface area contributed by atoms with Crippen molar-refractivity contribution in [1.29, 1.82) is 5.26 Å². The van der Waals surface area contributed by atoms with Gasteiger partial charge in [-0.3, -0.25) is 0 Å². The quantitative estimate of drug-likeness (QED) is 0.540. The zero-order valence-electron chi connectivity index (χ0n) is 4.51. The number of hydrogen-bond acceptors (Lipinski definition) is 2. The molecular formula is C6H4CuN2. The van der Waals surface area contributed by atoms with Crippen molar-refractivity contribution < 1.29 is 17.1 Å². The number of pyridine rings is 1. The number of nitriles is 1. The zero-order valence-corrected chi connectivity index (χ0v) is 5.45. The Labute approximate surface area is 64.0 Å². The largest absolute Gasteiger partial charge is 0.246 e. The van der Waals surface area contributed by atoms with Gasteiger partial charge in [0.1, 0.15) is 11.8 Å². The molecule has 0 atom stereocenters. The average molecular weight is 168 g/mol. The summed E-state index contributed by atoms with van der Waals surface area (Å²) >= 11 is 0. The summed E-state index contributed by atoms with van der Waals surface area (Å²) in [6, 6.07) is 7.14. The van der Waals surface area contributed by atoms with Crippen molar-refractivity contribution in [2.24, 2.45) is 0 Å². The smallest absolute Gasteiger partial charge is 0.140 e. The van der Waals surface area contributed by atoms with Crippen molar-refractivity contribution in [2.75, 3.05) is 0 Å². The number of aromatic nitrogens is 1. The van der Waals surface area contributed by atoms with E-state index < -0.39 is 0 Å². The standard InChI is InChI=1S/C6H4N2.Cu/c7-5-6-3-1-2-4-8-6;/h1-4H;. The molecule has 0 N–H and O–H groups in total. The van der Waals surface area contributed by atoms with Gasteiger partial charge in [0, 0.05) is 23.3 Å². The number of hydrogen-bond donors (Lipinski definition) is 0. The van der Waals surface area contributed by atoms with Crippen LogP contribution >= 0.6 is 0 Å². The van der Waals surface area contributed by atoms with Crippen LogP contribution in [0.1, 0.15) is 5.69 Å². The van der Waals surface area contributed by atoms with Crippen LogP contribution in [-0.4, -0.2) is 4.98 Å². The molecule has 1 aromatic rings. The first-order valence-corrected chi connectivity index (χ1v) is 2.24. The van der Waals surface area contributed by atoms with Gasteiger partial charge in [-0.05, 0) is 12.1 Å². The van der Waals surface area contributed by atoms with Gasteiger partial charge in [-0.15, -0.1) is 0 Å². The Morgan fingerprint density at radius 1 is 1.44 bits per heavy atom. The normalized spacial score (nSPS) is 7.00. The van der Waals surface area contributed by atoms with E-state index in [2.05, 4.69) is 4.98 Å². The predicted octanol–water partition coefficient (Wildman–Crippen LogP) is 0.951. The number of rotatable bonds is 0. The second-order valence-corrected chi connectivity index (χ2v) is 1.33. The van der Waals surface area contributed by atoms with Gasteiger partial charge in [-0.1, -0.05) is 6.07 Å². The predicted molar refractivity (Wildman–Crippen MR) is 29.0 cm³/mol. The van der Waals surface area contributed by atoms with Gasteiger partial charge in [0.25, 0.3) is 0 Å². The minimum Gasteiger partial charge on any atom is -0.246 e. The molecule has 0 aliphatic carbocycles. The molecule has 0 fully saturated rings. The van der Waals surface area contributed by atoms with Crippen molar-refractivity contribution in [1.82, 2.24) is 4.98 Å². The fourth-order valence-electron chi connectivity index (χ4n) is 0.429. The van der Waals surface area contributed by atoms with Gasteiger partial charge < -0.3 is 0 Å². The Kier molecular flexibility index (Phi) is 3.70. The summed E-state index contributed by atoms with van der Waals surface area (Å²) in [4.78, 5) is 3.74. The SMILES string of the molecule is N#Cc1ccccn1.[Cu]. The summed E-state index contributed by atoms with van der Waals surface area (Å²) in [6.07, 6.45) is 1.60. The van der Waals surface area contributed by atoms with E-state index in [9.17, 15) is 0 Å². The number of nitrogens with zero attached hydrogens (tertiary/aromatic N) is 2. The summed E-state index contributed by atoms with van der Waals surface area (Å²) in [5.41, 5.74) is 0.465. The molecule has 2 nitrogen and oxygen atoms in total. The third kappa shape index (κ3) is 2.27. The van der Waals surface area contributed by atoms with Gasteiger partial charge in [0.05, 0.1) is 0 Å². The van der Waals surface area contributed by atoms with E-state index in [4.69, 9.17) is 5.26 Å². The van der Waals surface area contributed by atoms with Crippen LogP contribution in [-0.2, 0) is 17.1 Å². The molecule has 1 aromatic heterocycles. The van der Waals surface area contributed by atoms with Gasteiger partial charge in [-0.25, -0.2) is 4.98 Å². The van der Waals surface area contributed by atoms with Crippen LogP contribution in [0.4, 0.5) is 0 Å². The van der Waals surface area contributed by atoms with Crippen LogP contribution in [0.5, 0.6) is 0 Å². The molecule has 1 heterocycles. The third-order valence-electron chi connectivity index (χ3n) is 0.779. The molecule has 0 saturated heterocycles. The van der Waals surface area contributed by atoms with Gasteiger partial charge in [0.2, 0.25) is 0 Å². The molecule has 0 unspecified atom stereocenters. The Balaban J connectivity index is 0.000000640. The molecule has 1 radical (unpaired) electrons. The first kappa shape index (κ1) is 8.16. The molecule has 0 amide bonds. The van der Waals surface area contributed by atoms with Crippen LogP contribution in [0.15, 0.2) is 24.4 Å². The van der Waals surface area contributed by atoms with Crippen LogP contribution in [0.3, 0.4) is 0 Å². The molecule has 3 heteroatoms. The van der Waals surface area contributed by atoms with E-state index in [-0.39, 0.29) is 17.1 Å². The van der Waals surface area contributed by atoms with Crippen molar-refractivity contribution >= 4 is 0 Å². The first-order chi connectivity index (χ1) is 3.93. The van der Waals surface area contributed by atoms with E-state index in [1.807, 2.05) is 6.07 Å². The Bertz CT molecular complexity index is 202. The summed E-state index contributed by atoms with van der Waals surface area (Å²) in [5, 5.41) is 8.23. The van der Waals surface area contributed by atoms with Crippen LogP contribution < -0.4 is 0 Å². The Morgan fingerprint density at radius 2 is 2.22 bits per heavy atom. The monoisotopic (exact) mass is 167 g/mol. The van der Waals surface area contributed by atoms with Crippen LogP contribution in [0.25, 0.3) is 0 Å². The van der Waals surface area contributed by atoms with Crippen LogP contribution in [0, 0.1) is 11.3 Å². The minimum absolute atomic E-state index is 0. The summed E-state index contributed by atoms with van der Waals surface area (Å²) in [6.45, 7) is 0. The second kappa shape index (κ2) is 4.08. The summed E-state index contributed by atoms with van der Waals surface area (Å²) in [7, 11) is 0. The molecule has 0 spiro atoms. The molecular weight excluding hydrogens is 164 g/mol. The van der Waals surface area contributed by atoms with Gasteiger partial charge in [-0.2, -0.15) is 5.26 Å². The van der Waals surface area contributed by atoms with E-state index in [1.165, 1.54) is 0 Å². The fraction of sp³-hybridized carbons (Fsp3) is 0. The van der Waals surface area contributed by atoms with Gasteiger partial charge in [0.15, 0.2) is 0 Å². The molecule has 0 saturated carbocycles. The minimum atomic E-state index is 0. The maximum atomic E-state index is 8.23. The first-order valence-electron chi connectivity index (χ1n) is 2.24. The maximum Gasteiger partial charge on any atom is 0.140 e. The summed E-state index contributed by atoms with van der Waals surface area (Å²) < 4.78 is 0. The molecule has 0 aliphatic rings. The van der Waals surface area contributed by atoms with E-state index >= 15 is 0 Å². The topological polar surface area (TPSA) is 36.7 Å². The molecule has 49 valence electrons. The Morgan fingerprint density at radius 3 is 2.56 bits per heavy atom. The molecule has 0 bridgehead atoms.